The van der Waals surface area contributed by atoms with E-state index in [4.69, 9.17) is 5.73 Å². The molecule has 0 bridgehead atoms. The van der Waals surface area contributed by atoms with Gasteiger partial charge in [0, 0.05) is 26.4 Å². The van der Waals surface area contributed by atoms with E-state index >= 15 is 0 Å². The first-order valence-corrected chi connectivity index (χ1v) is 6.45. The maximum absolute atomic E-state index is 11.8. The summed E-state index contributed by atoms with van der Waals surface area (Å²) in [5, 5.41) is 10.7. The first-order chi connectivity index (χ1) is 8.65. The lowest BCUT2D eigenvalue weighted by Gasteiger charge is -2.40. The van der Waals surface area contributed by atoms with Crippen molar-refractivity contribution in [2.75, 3.05) is 13.1 Å². The molecule has 1 aliphatic rings. The van der Waals surface area contributed by atoms with Gasteiger partial charge in [0.2, 0.25) is 5.91 Å². The van der Waals surface area contributed by atoms with E-state index in [1.54, 1.807) is 6.33 Å². The van der Waals surface area contributed by atoms with Crippen LogP contribution in [0, 0.1) is 5.41 Å². The van der Waals surface area contributed by atoms with Gasteiger partial charge in [-0.25, -0.2) is 0 Å². The molecule has 1 heterocycles. The molecule has 1 aliphatic carbocycles. The molecule has 0 saturated heterocycles. The summed E-state index contributed by atoms with van der Waals surface area (Å²) in [6.45, 7) is 1.22. The molecule has 1 saturated carbocycles. The standard InChI is InChI=1S/C12H21N5O/c1-17-9-15-16-10(17)3-6-14-11(18)7-12(8-13)4-2-5-12/h9H,2-8,13H2,1H3,(H,14,18). The Hall–Kier alpha value is -1.43. The van der Waals surface area contributed by atoms with E-state index in [9.17, 15) is 4.79 Å². The van der Waals surface area contributed by atoms with E-state index in [2.05, 4.69) is 15.5 Å². The second kappa shape index (κ2) is 5.48. The van der Waals surface area contributed by atoms with Crippen LogP contribution >= 0.6 is 0 Å². The van der Waals surface area contributed by atoms with Gasteiger partial charge in [-0.05, 0) is 24.8 Å². The third-order valence-electron chi connectivity index (χ3n) is 3.86. The Labute approximate surface area is 107 Å². The van der Waals surface area contributed by atoms with Crippen LogP contribution in [0.1, 0.15) is 31.5 Å². The van der Waals surface area contributed by atoms with Crippen LogP contribution in [0.4, 0.5) is 0 Å². The lowest BCUT2D eigenvalue weighted by molar-refractivity contribution is -0.124. The van der Waals surface area contributed by atoms with Crippen molar-refractivity contribution in [1.29, 1.82) is 0 Å². The SMILES string of the molecule is Cn1cnnc1CCNC(=O)CC1(CN)CCC1. The van der Waals surface area contributed by atoms with Gasteiger partial charge < -0.3 is 15.6 Å². The maximum atomic E-state index is 11.8. The smallest absolute Gasteiger partial charge is 0.220 e. The van der Waals surface area contributed by atoms with Crippen molar-refractivity contribution in [3.05, 3.63) is 12.2 Å². The van der Waals surface area contributed by atoms with E-state index in [1.807, 2.05) is 11.6 Å². The summed E-state index contributed by atoms with van der Waals surface area (Å²) in [7, 11) is 1.90. The van der Waals surface area contributed by atoms with Crippen molar-refractivity contribution in [1.82, 2.24) is 20.1 Å². The highest BCUT2D eigenvalue weighted by Gasteiger charge is 2.37. The third-order valence-corrected chi connectivity index (χ3v) is 3.86. The van der Waals surface area contributed by atoms with Crippen LogP contribution < -0.4 is 11.1 Å². The molecule has 0 aliphatic heterocycles. The Balaban J connectivity index is 1.70. The Kier molecular flexibility index (Phi) is 3.96. The average Bonchev–Trinajstić information content (AvgIpc) is 2.70. The van der Waals surface area contributed by atoms with E-state index in [-0.39, 0.29) is 11.3 Å². The number of carbonyl (C=O) groups is 1. The number of nitrogens with zero attached hydrogens (tertiary/aromatic N) is 3. The fourth-order valence-electron chi connectivity index (χ4n) is 2.38. The molecule has 0 unspecified atom stereocenters. The first kappa shape index (κ1) is 13.0. The molecule has 0 spiro atoms. The number of hydrogen-bond acceptors (Lipinski definition) is 4. The predicted molar refractivity (Wildman–Crippen MR) is 67.7 cm³/mol. The van der Waals surface area contributed by atoms with Crippen LogP contribution in [0.15, 0.2) is 6.33 Å². The number of amides is 1. The van der Waals surface area contributed by atoms with Gasteiger partial charge in [-0.3, -0.25) is 4.79 Å². The molecule has 0 aromatic carbocycles. The maximum Gasteiger partial charge on any atom is 0.220 e. The van der Waals surface area contributed by atoms with Crippen LogP contribution in [-0.2, 0) is 18.3 Å². The molecule has 1 amide bonds. The number of rotatable bonds is 6. The topological polar surface area (TPSA) is 85.8 Å². The number of nitrogens with two attached hydrogens (primary N) is 1. The summed E-state index contributed by atoms with van der Waals surface area (Å²) in [5.41, 5.74) is 5.82. The van der Waals surface area contributed by atoms with Crippen molar-refractivity contribution in [3.63, 3.8) is 0 Å². The summed E-state index contributed by atoms with van der Waals surface area (Å²) in [5.74, 6) is 0.981. The zero-order valence-corrected chi connectivity index (χ0v) is 10.9. The molecular weight excluding hydrogens is 230 g/mol. The zero-order valence-electron chi connectivity index (χ0n) is 10.9. The van der Waals surface area contributed by atoms with Crippen LogP contribution in [0.2, 0.25) is 0 Å². The van der Waals surface area contributed by atoms with Gasteiger partial charge >= 0.3 is 0 Å². The van der Waals surface area contributed by atoms with Crippen molar-refractivity contribution in [2.24, 2.45) is 18.2 Å². The number of aromatic nitrogens is 3. The first-order valence-electron chi connectivity index (χ1n) is 6.45. The lowest BCUT2D eigenvalue weighted by Crippen LogP contribution is -2.42. The molecule has 6 heteroatoms. The minimum absolute atomic E-state index is 0.0782. The third kappa shape index (κ3) is 2.87. The Morgan fingerprint density at radius 1 is 1.61 bits per heavy atom. The van der Waals surface area contributed by atoms with Gasteiger partial charge in [-0.15, -0.1) is 10.2 Å². The lowest BCUT2D eigenvalue weighted by atomic mass is 9.66. The summed E-state index contributed by atoms with van der Waals surface area (Å²) in [6, 6.07) is 0. The second-order valence-corrected chi connectivity index (χ2v) is 5.19. The van der Waals surface area contributed by atoms with Crippen molar-refractivity contribution in [3.8, 4) is 0 Å². The molecule has 18 heavy (non-hydrogen) atoms. The number of hydrogen-bond donors (Lipinski definition) is 2. The van der Waals surface area contributed by atoms with Gasteiger partial charge in [-0.1, -0.05) is 6.42 Å². The molecule has 100 valence electrons. The molecule has 0 radical (unpaired) electrons. The average molecular weight is 251 g/mol. The molecule has 1 aromatic rings. The second-order valence-electron chi connectivity index (χ2n) is 5.19. The number of nitrogens with one attached hydrogen (secondary N) is 1. The molecule has 0 atom stereocenters. The van der Waals surface area contributed by atoms with Crippen molar-refractivity contribution in [2.45, 2.75) is 32.1 Å². The highest BCUT2D eigenvalue weighted by Crippen LogP contribution is 2.42. The normalized spacial score (nSPS) is 17.2. The van der Waals surface area contributed by atoms with Crippen molar-refractivity contribution < 1.29 is 4.79 Å². The van der Waals surface area contributed by atoms with E-state index in [0.717, 1.165) is 18.7 Å². The monoisotopic (exact) mass is 251 g/mol. The summed E-state index contributed by atoms with van der Waals surface area (Å²) in [4.78, 5) is 11.8. The number of aryl methyl sites for hydroxylation is 1. The van der Waals surface area contributed by atoms with E-state index < -0.39 is 0 Å². The number of carbonyl (C=O) groups excluding carboxylic acids is 1. The van der Waals surface area contributed by atoms with E-state index in [0.29, 0.717) is 25.9 Å². The van der Waals surface area contributed by atoms with E-state index in [1.165, 1.54) is 6.42 Å². The van der Waals surface area contributed by atoms with Gasteiger partial charge in [-0.2, -0.15) is 0 Å². The van der Waals surface area contributed by atoms with Crippen LogP contribution in [0.5, 0.6) is 0 Å². The molecule has 1 fully saturated rings. The van der Waals surface area contributed by atoms with Crippen LogP contribution in [0.25, 0.3) is 0 Å². The Morgan fingerprint density at radius 2 is 2.39 bits per heavy atom. The van der Waals surface area contributed by atoms with Gasteiger partial charge in [0.15, 0.2) is 0 Å². The van der Waals surface area contributed by atoms with Gasteiger partial charge in [0.25, 0.3) is 0 Å². The molecule has 3 N–H and O–H groups in total. The fourth-order valence-corrected chi connectivity index (χ4v) is 2.38. The van der Waals surface area contributed by atoms with Crippen LogP contribution in [-0.4, -0.2) is 33.8 Å². The Morgan fingerprint density at radius 3 is 2.89 bits per heavy atom. The minimum atomic E-state index is 0.0782. The fraction of sp³-hybridized carbons (Fsp3) is 0.750. The summed E-state index contributed by atoms with van der Waals surface area (Å²) >= 11 is 0. The molecule has 1 aromatic heterocycles. The quantitative estimate of drug-likeness (QED) is 0.744. The largest absolute Gasteiger partial charge is 0.356 e. The Bertz CT molecular complexity index is 405. The summed E-state index contributed by atoms with van der Waals surface area (Å²) < 4.78 is 1.86. The van der Waals surface area contributed by atoms with Gasteiger partial charge in [0.05, 0.1) is 0 Å². The highest BCUT2D eigenvalue weighted by molar-refractivity contribution is 5.76. The minimum Gasteiger partial charge on any atom is -0.356 e. The van der Waals surface area contributed by atoms with Crippen molar-refractivity contribution >= 4 is 5.91 Å². The highest BCUT2D eigenvalue weighted by atomic mass is 16.1. The molecule has 6 nitrogen and oxygen atoms in total. The van der Waals surface area contributed by atoms with Gasteiger partial charge in [0.1, 0.15) is 12.2 Å². The molecule has 2 rings (SSSR count). The van der Waals surface area contributed by atoms with Crippen LogP contribution in [0.3, 0.4) is 0 Å². The zero-order chi connectivity index (χ0) is 13.0. The summed E-state index contributed by atoms with van der Waals surface area (Å²) in [6.07, 6.45) is 6.29. The predicted octanol–water partition coefficient (Wildman–Crippen LogP) is -0.00710. The molecular formula is C12H21N5O.